The van der Waals surface area contributed by atoms with Crippen LogP contribution >= 0.6 is 0 Å². The highest BCUT2D eigenvalue weighted by Crippen LogP contribution is 2.21. The minimum absolute atomic E-state index is 0.0322. The molecule has 6 heteroatoms. The summed E-state index contributed by atoms with van der Waals surface area (Å²) in [6.07, 6.45) is 1.10. The van der Waals surface area contributed by atoms with Crippen LogP contribution in [0.4, 0.5) is 0 Å². The van der Waals surface area contributed by atoms with E-state index in [1.165, 1.54) is 26.0 Å². The first-order valence-corrected chi connectivity index (χ1v) is 7.18. The molecule has 0 spiro atoms. The second-order valence-electron chi connectivity index (χ2n) is 4.72. The Bertz CT molecular complexity index is 545. The molecule has 1 N–H and O–H groups in total. The lowest BCUT2D eigenvalue weighted by Crippen LogP contribution is -2.30. The molecule has 0 aliphatic carbocycles. The maximum atomic E-state index is 11.3. The topological polar surface area (TPSA) is 80.7 Å². The lowest BCUT2D eigenvalue weighted by molar-refractivity contribution is -0.148. The zero-order chi connectivity index (χ0) is 14.0. The molecule has 0 bridgehead atoms. The molecule has 1 rings (SSSR count). The van der Waals surface area contributed by atoms with E-state index in [0.717, 1.165) is 6.26 Å². The summed E-state index contributed by atoms with van der Waals surface area (Å²) in [5, 5.41) is 8.93. The fourth-order valence-corrected chi connectivity index (χ4v) is 1.78. The maximum absolute atomic E-state index is 11.3. The number of aliphatic carboxylic acids is 1. The second kappa shape index (κ2) is 4.97. The van der Waals surface area contributed by atoms with Crippen LogP contribution in [-0.4, -0.2) is 32.4 Å². The Kier molecular flexibility index (Phi) is 4.01. The lowest BCUT2D eigenvalue weighted by atomic mass is 9.95. The molecule has 0 fully saturated rings. The molecular formula is C12H16O5S. The van der Waals surface area contributed by atoms with Crippen molar-refractivity contribution in [3.8, 4) is 5.75 Å². The van der Waals surface area contributed by atoms with Crippen LogP contribution in [-0.2, 0) is 14.6 Å². The fourth-order valence-electron chi connectivity index (χ4n) is 1.12. The molecule has 0 aliphatic rings. The van der Waals surface area contributed by atoms with Crippen molar-refractivity contribution in [3.63, 3.8) is 0 Å². The highest BCUT2D eigenvalue weighted by molar-refractivity contribution is 7.90. The molecule has 0 saturated carbocycles. The standard InChI is InChI=1S/C12H16O5S/c1-12(2,11(13)14)8-17-9-5-4-6-10(7-9)18(3,15)16/h4-7H,8H2,1-3H3,(H,13,14). The third-order valence-electron chi connectivity index (χ3n) is 2.41. The summed E-state index contributed by atoms with van der Waals surface area (Å²) in [6, 6.07) is 5.99. The summed E-state index contributed by atoms with van der Waals surface area (Å²) >= 11 is 0. The Morgan fingerprint density at radius 2 is 2.00 bits per heavy atom. The van der Waals surface area contributed by atoms with Gasteiger partial charge in [0, 0.05) is 6.26 Å². The van der Waals surface area contributed by atoms with Crippen molar-refractivity contribution in [2.45, 2.75) is 18.7 Å². The van der Waals surface area contributed by atoms with Crippen molar-refractivity contribution >= 4 is 15.8 Å². The van der Waals surface area contributed by atoms with Crippen molar-refractivity contribution in [1.82, 2.24) is 0 Å². The van der Waals surface area contributed by atoms with Crippen LogP contribution < -0.4 is 4.74 Å². The van der Waals surface area contributed by atoms with Crippen LogP contribution in [0, 0.1) is 5.41 Å². The van der Waals surface area contributed by atoms with E-state index in [4.69, 9.17) is 9.84 Å². The van der Waals surface area contributed by atoms with Crippen molar-refractivity contribution in [1.29, 1.82) is 0 Å². The zero-order valence-corrected chi connectivity index (χ0v) is 11.3. The third-order valence-corrected chi connectivity index (χ3v) is 3.52. The Morgan fingerprint density at radius 1 is 1.39 bits per heavy atom. The normalized spacial score (nSPS) is 12.2. The van der Waals surface area contributed by atoms with Crippen LogP contribution in [0.1, 0.15) is 13.8 Å². The molecule has 0 aromatic heterocycles. The molecule has 1 aromatic rings. The quantitative estimate of drug-likeness (QED) is 0.880. The van der Waals surface area contributed by atoms with E-state index in [9.17, 15) is 13.2 Å². The van der Waals surface area contributed by atoms with Crippen LogP contribution in [0.3, 0.4) is 0 Å². The SMILES string of the molecule is CC(C)(COc1cccc(S(C)(=O)=O)c1)C(=O)O. The van der Waals surface area contributed by atoms with E-state index >= 15 is 0 Å². The van der Waals surface area contributed by atoms with Gasteiger partial charge in [-0.1, -0.05) is 6.07 Å². The first-order chi connectivity index (χ1) is 8.13. The number of sulfone groups is 1. The minimum Gasteiger partial charge on any atom is -0.492 e. The van der Waals surface area contributed by atoms with E-state index in [2.05, 4.69) is 0 Å². The molecule has 0 radical (unpaired) electrons. The molecule has 18 heavy (non-hydrogen) atoms. The molecule has 0 heterocycles. The summed E-state index contributed by atoms with van der Waals surface area (Å²) in [7, 11) is -3.29. The van der Waals surface area contributed by atoms with Gasteiger partial charge in [-0.05, 0) is 32.0 Å². The van der Waals surface area contributed by atoms with E-state index in [1.54, 1.807) is 12.1 Å². The largest absolute Gasteiger partial charge is 0.492 e. The van der Waals surface area contributed by atoms with Crippen molar-refractivity contribution in [2.24, 2.45) is 5.41 Å². The molecule has 0 aliphatic heterocycles. The van der Waals surface area contributed by atoms with Crippen molar-refractivity contribution in [2.75, 3.05) is 12.9 Å². The van der Waals surface area contributed by atoms with Gasteiger partial charge in [0.25, 0.3) is 0 Å². The molecule has 0 unspecified atom stereocenters. The fraction of sp³-hybridized carbons (Fsp3) is 0.417. The Hall–Kier alpha value is -1.56. The summed E-state index contributed by atoms with van der Waals surface area (Å²) in [5.41, 5.74) is -1.03. The molecule has 0 atom stereocenters. The summed E-state index contributed by atoms with van der Waals surface area (Å²) in [5.74, 6) is -0.631. The van der Waals surface area contributed by atoms with E-state index in [0.29, 0.717) is 5.75 Å². The van der Waals surface area contributed by atoms with Gasteiger partial charge in [-0.25, -0.2) is 8.42 Å². The van der Waals surface area contributed by atoms with Gasteiger partial charge in [0.05, 0.1) is 10.3 Å². The molecular weight excluding hydrogens is 256 g/mol. The van der Waals surface area contributed by atoms with Crippen LogP contribution in [0.15, 0.2) is 29.2 Å². The number of carboxylic acid groups (broad SMARTS) is 1. The van der Waals surface area contributed by atoms with Crippen LogP contribution in [0.25, 0.3) is 0 Å². The monoisotopic (exact) mass is 272 g/mol. The number of hydrogen-bond acceptors (Lipinski definition) is 4. The third kappa shape index (κ3) is 3.73. The average Bonchev–Trinajstić information content (AvgIpc) is 2.25. The van der Waals surface area contributed by atoms with Gasteiger partial charge in [-0.3, -0.25) is 4.79 Å². The number of carbonyl (C=O) groups is 1. The predicted molar refractivity (Wildman–Crippen MR) is 66.5 cm³/mol. The van der Waals surface area contributed by atoms with Gasteiger partial charge in [0.2, 0.25) is 0 Å². The lowest BCUT2D eigenvalue weighted by Gasteiger charge is -2.19. The summed E-state index contributed by atoms with van der Waals surface area (Å²) in [4.78, 5) is 11.0. The van der Waals surface area contributed by atoms with Crippen molar-refractivity contribution in [3.05, 3.63) is 24.3 Å². The highest BCUT2D eigenvalue weighted by atomic mass is 32.2. The first-order valence-electron chi connectivity index (χ1n) is 5.29. The Balaban J connectivity index is 2.85. The van der Waals surface area contributed by atoms with E-state index < -0.39 is 21.2 Å². The number of hydrogen-bond donors (Lipinski definition) is 1. The number of rotatable bonds is 5. The smallest absolute Gasteiger partial charge is 0.312 e. The predicted octanol–water partition coefficient (Wildman–Crippen LogP) is 1.58. The summed E-state index contributed by atoms with van der Waals surface area (Å²) < 4.78 is 28.0. The van der Waals surface area contributed by atoms with Gasteiger partial charge >= 0.3 is 5.97 Å². The molecule has 0 saturated heterocycles. The van der Waals surface area contributed by atoms with Gasteiger partial charge in [-0.15, -0.1) is 0 Å². The average molecular weight is 272 g/mol. The zero-order valence-electron chi connectivity index (χ0n) is 10.5. The first kappa shape index (κ1) is 14.5. The van der Waals surface area contributed by atoms with Gasteiger partial charge in [-0.2, -0.15) is 0 Å². The second-order valence-corrected chi connectivity index (χ2v) is 6.74. The number of benzene rings is 1. The van der Waals surface area contributed by atoms with E-state index in [-0.39, 0.29) is 11.5 Å². The van der Waals surface area contributed by atoms with Crippen molar-refractivity contribution < 1.29 is 23.1 Å². The Morgan fingerprint density at radius 3 is 2.50 bits per heavy atom. The number of carboxylic acids is 1. The van der Waals surface area contributed by atoms with Gasteiger partial charge in [0.15, 0.2) is 9.84 Å². The van der Waals surface area contributed by atoms with Crippen LogP contribution in [0.2, 0.25) is 0 Å². The van der Waals surface area contributed by atoms with Crippen LogP contribution in [0.5, 0.6) is 5.75 Å². The van der Waals surface area contributed by atoms with Gasteiger partial charge < -0.3 is 9.84 Å². The molecule has 100 valence electrons. The highest BCUT2D eigenvalue weighted by Gasteiger charge is 2.28. The minimum atomic E-state index is -3.29. The maximum Gasteiger partial charge on any atom is 0.312 e. The Labute approximate surface area is 106 Å². The molecule has 1 aromatic carbocycles. The van der Waals surface area contributed by atoms with E-state index in [1.807, 2.05) is 0 Å². The molecule has 0 amide bonds. The number of ether oxygens (including phenoxy) is 1. The van der Waals surface area contributed by atoms with Gasteiger partial charge in [0.1, 0.15) is 12.4 Å². The summed E-state index contributed by atoms with van der Waals surface area (Å²) in [6.45, 7) is 3.04. The molecule has 5 nitrogen and oxygen atoms in total.